The van der Waals surface area contributed by atoms with E-state index < -0.39 is 0 Å². The van der Waals surface area contributed by atoms with Crippen LogP contribution in [0.15, 0.2) is 60.7 Å². The van der Waals surface area contributed by atoms with Gasteiger partial charge in [-0.05, 0) is 38.1 Å². The number of halogens is 1. The monoisotopic (exact) mass is 339 g/mol. The summed E-state index contributed by atoms with van der Waals surface area (Å²) in [6, 6.07) is 18.9. The number of para-hydroxylation sites is 1. The van der Waals surface area contributed by atoms with Crippen LogP contribution in [0.4, 0.5) is 0 Å². The molecule has 1 N–H and O–H groups in total. The zero-order chi connectivity index (χ0) is 17.1. The second-order valence-corrected chi connectivity index (χ2v) is 6.18. The summed E-state index contributed by atoms with van der Waals surface area (Å²) in [7, 11) is 0. The molecule has 0 saturated carbocycles. The third-order valence-electron chi connectivity index (χ3n) is 3.51. The van der Waals surface area contributed by atoms with E-state index in [1.807, 2.05) is 68.4 Å². The van der Waals surface area contributed by atoms with Crippen LogP contribution in [0, 0.1) is 0 Å². The molecule has 1 amide bonds. The second kappa shape index (κ2) is 6.89. The van der Waals surface area contributed by atoms with Gasteiger partial charge in [-0.15, -0.1) is 0 Å². The van der Waals surface area contributed by atoms with Gasteiger partial charge in [0.1, 0.15) is 5.69 Å². The molecular formula is C19H18ClN3O. The number of hydrogen-bond acceptors (Lipinski definition) is 2. The van der Waals surface area contributed by atoms with Crippen LogP contribution in [-0.2, 0) is 0 Å². The normalized spacial score (nSPS) is 10.8. The number of hydrogen-bond donors (Lipinski definition) is 1. The standard InChI is InChI=1S/C19H18ClN3O/c1-13(2)21-19(24)18-12-17(15-10-6-7-11-16(15)20)22-23(18)14-8-4-3-5-9-14/h3-13H,1-2H3,(H,21,24). The van der Waals surface area contributed by atoms with Crippen LogP contribution in [0.25, 0.3) is 16.9 Å². The molecule has 0 bridgehead atoms. The SMILES string of the molecule is CC(C)NC(=O)c1cc(-c2ccccc2Cl)nn1-c1ccccc1. The summed E-state index contributed by atoms with van der Waals surface area (Å²) < 4.78 is 1.65. The summed E-state index contributed by atoms with van der Waals surface area (Å²) in [6.45, 7) is 3.85. The lowest BCUT2D eigenvalue weighted by atomic mass is 10.1. The highest BCUT2D eigenvalue weighted by Crippen LogP contribution is 2.28. The first-order valence-corrected chi connectivity index (χ1v) is 8.15. The maximum absolute atomic E-state index is 12.6. The van der Waals surface area contributed by atoms with Crippen molar-refractivity contribution in [3.05, 3.63) is 71.4 Å². The van der Waals surface area contributed by atoms with Crippen molar-refractivity contribution in [1.82, 2.24) is 15.1 Å². The van der Waals surface area contributed by atoms with Crippen LogP contribution in [0.1, 0.15) is 24.3 Å². The molecule has 24 heavy (non-hydrogen) atoms. The van der Waals surface area contributed by atoms with E-state index in [0.29, 0.717) is 16.4 Å². The lowest BCUT2D eigenvalue weighted by molar-refractivity contribution is 0.0935. The van der Waals surface area contributed by atoms with Crippen molar-refractivity contribution in [3.8, 4) is 16.9 Å². The quantitative estimate of drug-likeness (QED) is 0.769. The van der Waals surface area contributed by atoms with Gasteiger partial charge in [0.2, 0.25) is 0 Å². The van der Waals surface area contributed by atoms with Crippen molar-refractivity contribution in [3.63, 3.8) is 0 Å². The maximum atomic E-state index is 12.6. The maximum Gasteiger partial charge on any atom is 0.270 e. The Morgan fingerprint density at radius 1 is 1.08 bits per heavy atom. The molecule has 0 aliphatic rings. The highest BCUT2D eigenvalue weighted by Gasteiger charge is 2.19. The third kappa shape index (κ3) is 3.34. The molecule has 3 rings (SSSR count). The Morgan fingerprint density at radius 2 is 1.75 bits per heavy atom. The largest absolute Gasteiger partial charge is 0.349 e. The summed E-state index contributed by atoms with van der Waals surface area (Å²) in [4.78, 5) is 12.6. The summed E-state index contributed by atoms with van der Waals surface area (Å²) >= 11 is 6.28. The zero-order valence-electron chi connectivity index (χ0n) is 13.5. The van der Waals surface area contributed by atoms with Gasteiger partial charge in [-0.25, -0.2) is 4.68 Å². The summed E-state index contributed by atoms with van der Waals surface area (Å²) in [5.41, 5.74) is 2.76. The van der Waals surface area contributed by atoms with Crippen molar-refractivity contribution < 1.29 is 4.79 Å². The van der Waals surface area contributed by atoms with Crippen LogP contribution in [0.3, 0.4) is 0 Å². The van der Waals surface area contributed by atoms with Crippen molar-refractivity contribution in [2.24, 2.45) is 0 Å². The second-order valence-electron chi connectivity index (χ2n) is 5.77. The molecule has 122 valence electrons. The van der Waals surface area contributed by atoms with Gasteiger partial charge in [0, 0.05) is 11.6 Å². The minimum Gasteiger partial charge on any atom is -0.349 e. The number of carbonyl (C=O) groups excluding carboxylic acids is 1. The molecule has 3 aromatic rings. The molecule has 4 nitrogen and oxygen atoms in total. The average molecular weight is 340 g/mol. The van der Waals surface area contributed by atoms with Crippen LogP contribution in [0.5, 0.6) is 0 Å². The molecule has 0 fully saturated rings. The number of benzene rings is 2. The first-order chi connectivity index (χ1) is 11.6. The Morgan fingerprint density at radius 3 is 2.42 bits per heavy atom. The Hall–Kier alpha value is -2.59. The van der Waals surface area contributed by atoms with E-state index in [-0.39, 0.29) is 11.9 Å². The van der Waals surface area contributed by atoms with Crippen LogP contribution < -0.4 is 5.32 Å². The first-order valence-electron chi connectivity index (χ1n) is 7.77. The predicted molar refractivity (Wildman–Crippen MR) is 96.6 cm³/mol. The molecule has 5 heteroatoms. The number of amides is 1. The van der Waals surface area contributed by atoms with Gasteiger partial charge in [0.25, 0.3) is 5.91 Å². The molecule has 0 unspecified atom stereocenters. The van der Waals surface area contributed by atoms with Crippen molar-refractivity contribution in [2.75, 3.05) is 0 Å². The first kappa shape index (κ1) is 16.3. The third-order valence-corrected chi connectivity index (χ3v) is 3.84. The Labute approximate surface area is 146 Å². The highest BCUT2D eigenvalue weighted by molar-refractivity contribution is 6.33. The fraction of sp³-hybridized carbons (Fsp3) is 0.158. The van der Waals surface area contributed by atoms with Gasteiger partial charge >= 0.3 is 0 Å². The minimum absolute atomic E-state index is 0.0420. The van der Waals surface area contributed by atoms with Crippen LogP contribution >= 0.6 is 11.6 Å². The number of rotatable bonds is 4. The predicted octanol–water partition coefficient (Wildman–Crippen LogP) is 4.33. The van der Waals surface area contributed by atoms with E-state index in [4.69, 9.17) is 11.6 Å². The number of aromatic nitrogens is 2. The number of nitrogens with zero attached hydrogens (tertiary/aromatic N) is 2. The lowest BCUT2D eigenvalue weighted by Crippen LogP contribution is -2.31. The molecule has 0 aliphatic heterocycles. The molecule has 2 aromatic carbocycles. The molecule has 1 aromatic heterocycles. The Bertz CT molecular complexity index is 856. The topological polar surface area (TPSA) is 46.9 Å². The van der Waals surface area contributed by atoms with E-state index in [1.54, 1.807) is 10.7 Å². The molecule has 0 spiro atoms. The van der Waals surface area contributed by atoms with Gasteiger partial charge in [-0.2, -0.15) is 5.10 Å². The van der Waals surface area contributed by atoms with E-state index in [1.165, 1.54) is 0 Å². The molecule has 0 saturated heterocycles. The van der Waals surface area contributed by atoms with E-state index in [2.05, 4.69) is 10.4 Å². The molecule has 0 atom stereocenters. The van der Waals surface area contributed by atoms with Gasteiger partial charge in [-0.1, -0.05) is 48.0 Å². The Balaban J connectivity index is 2.13. The van der Waals surface area contributed by atoms with E-state index in [0.717, 1.165) is 11.3 Å². The van der Waals surface area contributed by atoms with E-state index in [9.17, 15) is 4.79 Å². The van der Waals surface area contributed by atoms with E-state index >= 15 is 0 Å². The van der Waals surface area contributed by atoms with Gasteiger partial charge in [0.15, 0.2) is 0 Å². The van der Waals surface area contributed by atoms with Crippen LogP contribution in [0.2, 0.25) is 5.02 Å². The lowest BCUT2D eigenvalue weighted by Gasteiger charge is -2.10. The fourth-order valence-corrected chi connectivity index (χ4v) is 2.68. The zero-order valence-corrected chi connectivity index (χ0v) is 14.3. The van der Waals surface area contributed by atoms with Crippen LogP contribution in [-0.4, -0.2) is 21.7 Å². The summed E-state index contributed by atoms with van der Waals surface area (Å²) in [5.74, 6) is -0.167. The fourth-order valence-electron chi connectivity index (χ4n) is 2.45. The molecular weight excluding hydrogens is 322 g/mol. The van der Waals surface area contributed by atoms with Gasteiger partial charge < -0.3 is 5.32 Å². The van der Waals surface area contributed by atoms with Gasteiger partial charge in [-0.3, -0.25) is 4.79 Å². The molecule has 0 aliphatic carbocycles. The molecule has 0 radical (unpaired) electrons. The highest BCUT2D eigenvalue weighted by atomic mass is 35.5. The molecule has 1 heterocycles. The smallest absolute Gasteiger partial charge is 0.270 e. The number of nitrogens with one attached hydrogen (secondary N) is 1. The van der Waals surface area contributed by atoms with Crippen molar-refractivity contribution in [2.45, 2.75) is 19.9 Å². The Kier molecular flexibility index (Phi) is 4.67. The summed E-state index contributed by atoms with van der Waals surface area (Å²) in [6.07, 6.45) is 0. The minimum atomic E-state index is -0.167. The van der Waals surface area contributed by atoms with Gasteiger partial charge in [0.05, 0.1) is 16.4 Å². The van der Waals surface area contributed by atoms with Crippen molar-refractivity contribution in [1.29, 1.82) is 0 Å². The summed E-state index contributed by atoms with van der Waals surface area (Å²) in [5, 5.41) is 8.13. The van der Waals surface area contributed by atoms with Crippen molar-refractivity contribution >= 4 is 17.5 Å². The number of carbonyl (C=O) groups is 1. The average Bonchev–Trinajstić information content (AvgIpc) is 3.01.